The standard InChI is InChI=1S/C14H19FN4O/c1-10(2)16-7-11-6-12(15)4-5-13(11)20-8-14-18-17-9-19(14)3/h4-6,9-10,16H,7-8H2,1-3H3. The summed E-state index contributed by atoms with van der Waals surface area (Å²) in [6.45, 7) is 4.94. The van der Waals surface area contributed by atoms with E-state index in [0.29, 0.717) is 24.9 Å². The normalized spacial score (nSPS) is 11.1. The van der Waals surface area contributed by atoms with E-state index in [1.165, 1.54) is 12.1 Å². The molecule has 1 N–H and O–H groups in total. The maximum atomic E-state index is 13.3. The molecule has 0 saturated carbocycles. The summed E-state index contributed by atoms with van der Waals surface area (Å²) in [5, 5.41) is 11.0. The minimum atomic E-state index is -0.267. The Morgan fingerprint density at radius 3 is 2.85 bits per heavy atom. The van der Waals surface area contributed by atoms with Crippen LogP contribution in [0.1, 0.15) is 25.2 Å². The Labute approximate surface area is 117 Å². The fourth-order valence-corrected chi connectivity index (χ4v) is 1.72. The second-order valence-corrected chi connectivity index (χ2v) is 4.93. The molecule has 0 saturated heterocycles. The van der Waals surface area contributed by atoms with Gasteiger partial charge in [0.2, 0.25) is 0 Å². The summed E-state index contributed by atoms with van der Waals surface area (Å²) < 4.78 is 20.8. The van der Waals surface area contributed by atoms with Crippen LogP contribution in [-0.4, -0.2) is 20.8 Å². The molecule has 0 amide bonds. The number of aryl methyl sites for hydroxylation is 1. The number of halogens is 1. The van der Waals surface area contributed by atoms with Crippen LogP contribution in [0.2, 0.25) is 0 Å². The van der Waals surface area contributed by atoms with Crippen LogP contribution in [0.3, 0.4) is 0 Å². The Balaban J connectivity index is 2.08. The smallest absolute Gasteiger partial charge is 0.170 e. The molecule has 2 aromatic rings. The molecular formula is C14H19FN4O. The van der Waals surface area contributed by atoms with Crippen molar-refractivity contribution < 1.29 is 9.13 Å². The molecule has 0 aliphatic carbocycles. The molecule has 6 heteroatoms. The number of nitrogens with one attached hydrogen (secondary N) is 1. The molecule has 5 nitrogen and oxygen atoms in total. The maximum absolute atomic E-state index is 13.3. The molecular weight excluding hydrogens is 259 g/mol. The summed E-state index contributed by atoms with van der Waals surface area (Å²) >= 11 is 0. The highest BCUT2D eigenvalue weighted by Gasteiger charge is 2.08. The SMILES string of the molecule is CC(C)NCc1cc(F)ccc1OCc1nncn1C. The number of aromatic nitrogens is 3. The fraction of sp³-hybridized carbons (Fsp3) is 0.429. The first-order valence-electron chi connectivity index (χ1n) is 6.53. The Bertz CT molecular complexity index is 568. The van der Waals surface area contributed by atoms with Crippen molar-refractivity contribution in [1.29, 1.82) is 0 Å². The van der Waals surface area contributed by atoms with Crippen LogP contribution in [0.5, 0.6) is 5.75 Å². The monoisotopic (exact) mass is 278 g/mol. The van der Waals surface area contributed by atoms with Crippen molar-refractivity contribution >= 4 is 0 Å². The Hall–Kier alpha value is -1.95. The van der Waals surface area contributed by atoms with Crippen LogP contribution in [0, 0.1) is 5.82 Å². The lowest BCUT2D eigenvalue weighted by atomic mass is 10.2. The van der Waals surface area contributed by atoms with Gasteiger partial charge in [0.15, 0.2) is 5.82 Å². The van der Waals surface area contributed by atoms with E-state index in [9.17, 15) is 4.39 Å². The molecule has 2 rings (SSSR count). The summed E-state index contributed by atoms with van der Waals surface area (Å²) in [6, 6.07) is 4.85. The molecule has 0 aliphatic rings. The maximum Gasteiger partial charge on any atom is 0.170 e. The largest absolute Gasteiger partial charge is 0.485 e. The zero-order chi connectivity index (χ0) is 14.5. The van der Waals surface area contributed by atoms with E-state index in [4.69, 9.17) is 4.74 Å². The van der Waals surface area contributed by atoms with Gasteiger partial charge in [-0.05, 0) is 18.2 Å². The Kier molecular flexibility index (Phi) is 4.68. The molecule has 1 heterocycles. The number of nitrogens with zero attached hydrogens (tertiary/aromatic N) is 3. The van der Waals surface area contributed by atoms with E-state index in [1.54, 1.807) is 17.0 Å². The van der Waals surface area contributed by atoms with Crippen LogP contribution >= 0.6 is 0 Å². The van der Waals surface area contributed by atoms with Crippen LogP contribution in [0.4, 0.5) is 4.39 Å². The fourth-order valence-electron chi connectivity index (χ4n) is 1.72. The van der Waals surface area contributed by atoms with Crippen molar-refractivity contribution in [3.05, 3.63) is 41.7 Å². The van der Waals surface area contributed by atoms with Crippen molar-refractivity contribution in [2.45, 2.75) is 33.0 Å². The quantitative estimate of drug-likeness (QED) is 0.878. The number of hydrogen-bond donors (Lipinski definition) is 1. The first-order valence-corrected chi connectivity index (χ1v) is 6.53. The van der Waals surface area contributed by atoms with Crippen LogP contribution < -0.4 is 10.1 Å². The number of ether oxygens (including phenoxy) is 1. The lowest BCUT2D eigenvalue weighted by Crippen LogP contribution is -2.22. The van der Waals surface area contributed by atoms with Gasteiger partial charge in [0.25, 0.3) is 0 Å². The highest BCUT2D eigenvalue weighted by Crippen LogP contribution is 2.20. The minimum absolute atomic E-state index is 0.267. The van der Waals surface area contributed by atoms with E-state index in [1.807, 2.05) is 20.9 Å². The van der Waals surface area contributed by atoms with Gasteiger partial charge >= 0.3 is 0 Å². The van der Waals surface area contributed by atoms with Crippen LogP contribution in [0.25, 0.3) is 0 Å². The van der Waals surface area contributed by atoms with Gasteiger partial charge in [0.1, 0.15) is 24.5 Å². The molecule has 20 heavy (non-hydrogen) atoms. The van der Waals surface area contributed by atoms with Gasteiger partial charge in [-0.25, -0.2) is 4.39 Å². The van der Waals surface area contributed by atoms with Gasteiger partial charge < -0.3 is 14.6 Å². The molecule has 1 aromatic carbocycles. The average molecular weight is 278 g/mol. The Morgan fingerprint density at radius 2 is 2.20 bits per heavy atom. The van der Waals surface area contributed by atoms with Gasteiger partial charge in [0, 0.05) is 25.2 Å². The predicted octanol–water partition coefficient (Wildman–Crippen LogP) is 2.03. The van der Waals surface area contributed by atoms with E-state index in [0.717, 1.165) is 11.4 Å². The third kappa shape index (κ3) is 3.77. The molecule has 0 spiro atoms. The second-order valence-electron chi connectivity index (χ2n) is 4.93. The number of benzene rings is 1. The second kappa shape index (κ2) is 6.47. The first-order chi connectivity index (χ1) is 9.56. The van der Waals surface area contributed by atoms with Crippen LogP contribution in [0.15, 0.2) is 24.5 Å². The zero-order valence-electron chi connectivity index (χ0n) is 11.9. The molecule has 108 valence electrons. The summed E-state index contributed by atoms with van der Waals surface area (Å²) in [7, 11) is 1.85. The van der Waals surface area contributed by atoms with Crippen molar-refractivity contribution in [2.24, 2.45) is 7.05 Å². The predicted molar refractivity (Wildman–Crippen MR) is 73.7 cm³/mol. The van der Waals surface area contributed by atoms with Gasteiger partial charge in [-0.3, -0.25) is 0 Å². The van der Waals surface area contributed by atoms with Crippen molar-refractivity contribution in [2.75, 3.05) is 0 Å². The molecule has 0 fully saturated rings. The zero-order valence-corrected chi connectivity index (χ0v) is 11.9. The van der Waals surface area contributed by atoms with Crippen LogP contribution in [-0.2, 0) is 20.2 Å². The van der Waals surface area contributed by atoms with Crippen molar-refractivity contribution in [1.82, 2.24) is 20.1 Å². The summed E-state index contributed by atoms with van der Waals surface area (Å²) in [5.41, 5.74) is 0.792. The highest BCUT2D eigenvalue weighted by molar-refractivity contribution is 5.34. The molecule has 1 aromatic heterocycles. The molecule has 0 bridgehead atoms. The number of hydrogen-bond acceptors (Lipinski definition) is 4. The molecule has 0 radical (unpaired) electrons. The van der Waals surface area contributed by atoms with E-state index < -0.39 is 0 Å². The third-order valence-electron chi connectivity index (χ3n) is 2.89. The van der Waals surface area contributed by atoms with Crippen molar-refractivity contribution in [3.8, 4) is 5.75 Å². The van der Waals surface area contributed by atoms with E-state index in [2.05, 4.69) is 15.5 Å². The minimum Gasteiger partial charge on any atom is -0.485 e. The Morgan fingerprint density at radius 1 is 1.40 bits per heavy atom. The van der Waals surface area contributed by atoms with Crippen molar-refractivity contribution in [3.63, 3.8) is 0 Å². The third-order valence-corrected chi connectivity index (χ3v) is 2.89. The van der Waals surface area contributed by atoms with Gasteiger partial charge in [-0.2, -0.15) is 0 Å². The summed E-state index contributed by atoms with van der Waals surface area (Å²) in [6.07, 6.45) is 1.62. The summed E-state index contributed by atoms with van der Waals surface area (Å²) in [4.78, 5) is 0. The molecule has 0 aliphatic heterocycles. The van der Waals surface area contributed by atoms with Gasteiger partial charge in [-0.1, -0.05) is 13.8 Å². The van der Waals surface area contributed by atoms with E-state index in [-0.39, 0.29) is 5.82 Å². The van der Waals surface area contributed by atoms with E-state index >= 15 is 0 Å². The first kappa shape index (κ1) is 14.5. The lowest BCUT2D eigenvalue weighted by Gasteiger charge is -2.13. The molecule has 0 unspecified atom stereocenters. The van der Waals surface area contributed by atoms with Gasteiger partial charge in [-0.15, -0.1) is 10.2 Å². The lowest BCUT2D eigenvalue weighted by molar-refractivity contribution is 0.286. The number of rotatable bonds is 6. The van der Waals surface area contributed by atoms with Gasteiger partial charge in [0.05, 0.1) is 0 Å². The summed E-state index contributed by atoms with van der Waals surface area (Å²) in [5.74, 6) is 1.11. The average Bonchev–Trinajstić information content (AvgIpc) is 2.81. The highest BCUT2D eigenvalue weighted by atomic mass is 19.1. The topological polar surface area (TPSA) is 52.0 Å². The molecule has 0 atom stereocenters.